The van der Waals surface area contributed by atoms with E-state index >= 15 is 0 Å². The summed E-state index contributed by atoms with van der Waals surface area (Å²) in [5.41, 5.74) is 6.23. The molecule has 11 heteroatoms. The zero-order chi connectivity index (χ0) is 26.6. The Morgan fingerprint density at radius 2 is 0.947 bits per heavy atom. The summed E-state index contributed by atoms with van der Waals surface area (Å²) in [6.07, 6.45) is 0. The first kappa shape index (κ1) is 31.7. The number of nitrogens with zero attached hydrogens (tertiary/aromatic N) is 6. The molecule has 0 amide bonds. The quantitative estimate of drug-likeness (QED) is 0.147. The zero-order valence-electron chi connectivity index (χ0n) is 22.3. The summed E-state index contributed by atoms with van der Waals surface area (Å²) in [7, 11) is -0.226. The summed E-state index contributed by atoms with van der Waals surface area (Å²) in [6, 6.07) is 18.0. The number of aryl methyl sites for hydroxylation is 6. The van der Waals surface area contributed by atoms with E-state index in [1.807, 2.05) is 92.5 Å². The van der Waals surface area contributed by atoms with Crippen molar-refractivity contribution in [2.24, 2.45) is 0 Å². The summed E-state index contributed by atoms with van der Waals surface area (Å²) in [4.78, 5) is 0. The number of hydrogen-bond donors (Lipinski definition) is 0. The molecule has 0 spiro atoms. The van der Waals surface area contributed by atoms with Gasteiger partial charge in [0.05, 0.1) is 17.1 Å². The van der Waals surface area contributed by atoms with Crippen molar-refractivity contribution in [3.8, 4) is 0 Å². The van der Waals surface area contributed by atoms with Gasteiger partial charge < -0.3 is 36.5 Å². The molecule has 0 unspecified atom stereocenters. The van der Waals surface area contributed by atoms with E-state index in [1.54, 1.807) is 34.0 Å². The standard InChI is InChI=1S/C15H21BN6.C4H4S.2C4H3S.Ir/c1-10-7-13(4)20(17-10)16(21-14(5)8-11(2)18-21)22-15(6)9-12(3)19-22;3*1-2-4-5-3-1;/h7-9H,1-6H3;1-4H;2*1-3H;/q-1;;2*-1;+3. The molecule has 6 rings (SSSR count). The molecule has 199 valence electrons. The van der Waals surface area contributed by atoms with Gasteiger partial charge in [-0.2, -0.15) is 34.2 Å². The van der Waals surface area contributed by atoms with Crippen LogP contribution in [0.3, 0.4) is 0 Å². The van der Waals surface area contributed by atoms with Crippen molar-refractivity contribution in [2.75, 3.05) is 0 Å². The summed E-state index contributed by atoms with van der Waals surface area (Å²) in [6.45, 7) is 12.2. The Bertz CT molecular complexity index is 1180. The number of thiophene rings is 3. The maximum Gasteiger partial charge on any atom is 3.00 e. The fourth-order valence-electron chi connectivity index (χ4n) is 3.57. The van der Waals surface area contributed by atoms with E-state index in [4.69, 9.17) is 0 Å². The minimum absolute atomic E-state index is 0. The molecular weight excluding hydrogens is 708 g/mol. The Hall–Kier alpha value is -2.56. The average Bonchev–Trinajstić information content (AvgIpc) is 3.70. The molecule has 0 aliphatic rings. The minimum atomic E-state index is -0.226. The molecule has 0 aromatic carbocycles. The second kappa shape index (κ2) is 16.4. The maximum absolute atomic E-state index is 4.66. The van der Waals surface area contributed by atoms with Crippen LogP contribution in [0, 0.1) is 52.3 Å². The van der Waals surface area contributed by atoms with Crippen molar-refractivity contribution in [1.82, 2.24) is 29.1 Å². The van der Waals surface area contributed by atoms with Gasteiger partial charge in [0.15, 0.2) is 0 Å². The first-order valence-corrected chi connectivity index (χ1v) is 14.4. The van der Waals surface area contributed by atoms with Crippen LogP contribution in [0.15, 0.2) is 76.1 Å². The van der Waals surface area contributed by atoms with Gasteiger partial charge in [0.2, 0.25) is 0 Å². The SMILES string of the molecule is Cc1cc(C)n([B-](n2nc(C)cc2C)n2nc(C)cc2C)n1.[Ir+3].[c-]1cccs1.[c-]1cccs1.c1ccsc1. The Morgan fingerprint density at radius 3 is 1.11 bits per heavy atom. The molecule has 6 aromatic rings. The Morgan fingerprint density at radius 1 is 0.579 bits per heavy atom. The van der Waals surface area contributed by atoms with E-state index in [9.17, 15) is 0 Å². The van der Waals surface area contributed by atoms with Crippen LogP contribution in [0.5, 0.6) is 0 Å². The van der Waals surface area contributed by atoms with Crippen LogP contribution in [-0.2, 0) is 20.1 Å². The zero-order valence-corrected chi connectivity index (χ0v) is 27.2. The van der Waals surface area contributed by atoms with Crippen molar-refractivity contribution in [1.29, 1.82) is 0 Å². The monoisotopic (exact) mass is 739 g/mol. The van der Waals surface area contributed by atoms with Gasteiger partial charge in [-0.15, -0.1) is 10.8 Å². The predicted octanol–water partition coefficient (Wildman–Crippen LogP) is 6.90. The van der Waals surface area contributed by atoms with Gasteiger partial charge in [-0.1, -0.05) is 12.1 Å². The smallest absolute Gasteiger partial charge is 0.422 e. The van der Waals surface area contributed by atoms with Crippen LogP contribution >= 0.6 is 34.0 Å². The van der Waals surface area contributed by atoms with E-state index in [1.165, 1.54) is 0 Å². The molecule has 0 atom stereocenters. The van der Waals surface area contributed by atoms with Gasteiger partial charge in [-0.3, -0.25) is 0 Å². The van der Waals surface area contributed by atoms with Crippen LogP contribution in [0.4, 0.5) is 0 Å². The molecule has 0 saturated heterocycles. The molecule has 0 bridgehead atoms. The fourth-order valence-corrected chi connectivity index (χ4v) is 4.81. The van der Waals surface area contributed by atoms with Crippen molar-refractivity contribution in [3.05, 3.63) is 121 Å². The molecule has 6 aromatic heterocycles. The van der Waals surface area contributed by atoms with Gasteiger partial charge >= 0.3 is 20.1 Å². The van der Waals surface area contributed by atoms with Crippen LogP contribution in [-0.4, -0.2) is 36.2 Å². The summed E-state index contributed by atoms with van der Waals surface area (Å²) in [5, 5.41) is 27.8. The van der Waals surface area contributed by atoms with E-state index in [0.29, 0.717) is 0 Å². The van der Waals surface area contributed by atoms with Crippen LogP contribution < -0.4 is 0 Å². The molecular formula is C27H31BIrN6S3. The van der Waals surface area contributed by atoms with Gasteiger partial charge in [0, 0.05) is 0 Å². The van der Waals surface area contributed by atoms with Gasteiger partial charge in [0.25, 0.3) is 7.12 Å². The topological polar surface area (TPSA) is 53.5 Å². The largest absolute Gasteiger partial charge is 3.00 e. The van der Waals surface area contributed by atoms with Crippen molar-refractivity contribution in [3.63, 3.8) is 0 Å². The molecule has 0 N–H and O–H groups in total. The Labute approximate surface area is 251 Å². The second-order valence-electron chi connectivity index (χ2n) is 8.22. The molecule has 0 saturated carbocycles. The first-order valence-electron chi connectivity index (χ1n) is 11.7. The third kappa shape index (κ3) is 9.64. The number of aromatic nitrogens is 6. The van der Waals surface area contributed by atoms with E-state index in [0.717, 1.165) is 34.2 Å². The van der Waals surface area contributed by atoms with E-state index in [-0.39, 0.29) is 27.2 Å². The average molecular weight is 739 g/mol. The molecule has 1 radical (unpaired) electrons. The van der Waals surface area contributed by atoms with Crippen LogP contribution in [0.1, 0.15) is 34.2 Å². The predicted molar refractivity (Wildman–Crippen MR) is 158 cm³/mol. The van der Waals surface area contributed by atoms with Crippen molar-refractivity contribution < 1.29 is 20.1 Å². The van der Waals surface area contributed by atoms with Gasteiger partial charge in [0.1, 0.15) is 0 Å². The van der Waals surface area contributed by atoms with Gasteiger partial charge in [-0.25, -0.2) is 27.4 Å². The summed E-state index contributed by atoms with van der Waals surface area (Å²) >= 11 is 4.89. The second-order valence-corrected chi connectivity index (χ2v) is 10.5. The maximum atomic E-state index is 4.66. The normalized spacial score (nSPS) is 9.87. The van der Waals surface area contributed by atoms with Crippen molar-refractivity contribution in [2.45, 2.75) is 41.5 Å². The Balaban J connectivity index is 0.000000254. The Kier molecular flexibility index (Phi) is 13.7. The molecule has 0 aliphatic heterocycles. The summed E-state index contributed by atoms with van der Waals surface area (Å²) in [5.74, 6) is 0. The third-order valence-corrected chi connectivity index (χ3v) is 6.73. The third-order valence-electron chi connectivity index (χ3n) is 4.97. The van der Waals surface area contributed by atoms with E-state index in [2.05, 4.69) is 65.0 Å². The van der Waals surface area contributed by atoms with Crippen LogP contribution in [0.2, 0.25) is 0 Å². The summed E-state index contributed by atoms with van der Waals surface area (Å²) < 4.78 is 5.94. The fraction of sp³-hybridized carbons (Fsp3) is 0.222. The first-order chi connectivity index (χ1) is 17.9. The number of hydrogen-bond acceptors (Lipinski definition) is 6. The molecule has 0 fully saturated rings. The molecule has 38 heavy (non-hydrogen) atoms. The molecule has 6 heterocycles. The van der Waals surface area contributed by atoms with Crippen LogP contribution in [0.25, 0.3) is 0 Å². The number of rotatable bonds is 3. The van der Waals surface area contributed by atoms with Crippen molar-refractivity contribution >= 4 is 41.1 Å². The van der Waals surface area contributed by atoms with E-state index < -0.39 is 0 Å². The minimum Gasteiger partial charge on any atom is -0.422 e. The van der Waals surface area contributed by atoms with Gasteiger partial charge in [-0.05, 0) is 87.6 Å². The molecule has 0 aliphatic carbocycles. The molecule has 6 nitrogen and oxygen atoms in total.